The van der Waals surface area contributed by atoms with Gasteiger partial charge in [-0.3, -0.25) is 4.79 Å². The average Bonchev–Trinajstić information content (AvgIpc) is 2.63. The summed E-state index contributed by atoms with van der Waals surface area (Å²) in [6.45, 7) is 1.43. The van der Waals surface area contributed by atoms with Crippen LogP contribution in [0.3, 0.4) is 0 Å². The van der Waals surface area contributed by atoms with Gasteiger partial charge in [-0.25, -0.2) is 4.39 Å². The summed E-state index contributed by atoms with van der Waals surface area (Å²) < 4.78 is 18.7. The highest BCUT2D eigenvalue weighted by Crippen LogP contribution is 2.24. The molecule has 0 aromatic heterocycles. The fraction of sp³-hybridized carbons (Fsp3) is 0.350. The molecule has 1 heterocycles. The highest BCUT2D eigenvalue weighted by molar-refractivity contribution is 6.34. The molecule has 0 saturated carbocycles. The first-order valence-electron chi connectivity index (χ1n) is 8.66. The van der Waals surface area contributed by atoms with Crippen LogP contribution < -0.4 is 10.1 Å². The van der Waals surface area contributed by atoms with Crippen LogP contribution in [0.25, 0.3) is 0 Å². The molecule has 1 N–H and O–H groups in total. The van der Waals surface area contributed by atoms with Gasteiger partial charge >= 0.3 is 0 Å². The van der Waals surface area contributed by atoms with Gasteiger partial charge in [0.25, 0.3) is 5.91 Å². The van der Waals surface area contributed by atoms with Crippen LogP contribution >= 0.6 is 11.6 Å². The molecule has 2 aromatic carbocycles. The second-order valence-electron chi connectivity index (χ2n) is 6.55. The Kier molecular flexibility index (Phi) is 6.12. The molecule has 1 fully saturated rings. The Morgan fingerprint density at radius 3 is 2.73 bits per heavy atom. The topological polar surface area (TPSA) is 41.6 Å². The number of carbonyl (C=O) groups is 1. The Bertz CT molecular complexity index is 776. The number of ether oxygens (including phenoxy) is 1. The maximum absolute atomic E-state index is 12.7. The maximum atomic E-state index is 12.7. The van der Waals surface area contributed by atoms with Crippen LogP contribution in [0.15, 0.2) is 42.5 Å². The van der Waals surface area contributed by atoms with E-state index in [1.165, 1.54) is 12.1 Å². The van der Waals surface area contributed by atoms with Gasteiger partial charge < -0.3 is 15.0 Å². The van der Waals surface area contributed by atoms with Gasteiger partial charge in [0.1, 0.15) is 18.5 Å². The summed E-state index contributed by atoms with van der Waals surface area (Å²) in [5.74, 6) is 0.396. The number of rotatable bonds is 5. The Balaban J connectivity index is 1.65. The van der Waals surface area contributed by atoms with Gasteiger partial charge in [-0.2, -0.15) is 0 Å². The normalized spacial score (nSPS) is 15.7. The van der Waals surface area contributed by atoms with Crippen molar-refractivity contribution in [2.45, 2.75) is 25.6 Å². The molecular weight excluding hydrogens is 355 g/mol. The number of nitrogens with zero attached hydrogens (tertiary/aromatic N) is 1. The van der Waals surface area contributed by atoms with Gasteiger partial charge in [-0.1, -0.05) is 23.7 Å². The number of amides is 1. The van der Waals surface area contributed by atoms with E-state index in [2.05, 4.69) is 17.3 Å². The molecular formula is C20H22ClFN2O2. The third-order valence-corrected chi connectivity index (χ3v) is 4.81. The molecule has 1 aliphatic rings. The zero-order valence-corrected chi connectivity index (χ0v) is 15.4. The molecule has 3 rings (SSSR count). The van der Waals surface area contributed by atoms with E-state index in [0.717, 1.165) is 31.7 Å². The number of alkyl halides is 1. The zero-order valence-electron chi connectivity index (χ0n) is 14.7. The molecule has 0 radical (unpaired) electrons. The lowest BCUT2D eigenvalue weighted by Gasteiger charge is -2.29. The van der Waals surface area contributed by atoms with E-state index >= 15 is 0 Å². The van der Waals surface area contributed by atoms with Crippen molar-refractivity contribution < 1.29 is 13.9 Å². The Hall–Kier alpha value is -2.11. The first-order valence-corrected chi connectivity index (χ1v) is 9.04. The SMILES string of the molecule is CN1CCC(Oc2cccc(NC(=O)c3ccc(CF)cc3Cl)c2)CC1. The van der Waals surface area contributed by atoms with Gasteiger partial charge in [0.05, 0.1) is 10.6 Å². The number of hydrogen-bond acceptors (Lipinski definition) is 3. The number of piperidine rings is 1. The first kappa shape index (κ1) is 18.7. The van der Waals surface area contributed by atoms with E-state index in [4.69, 9.17) is 16.3 Å². The summed E-state index contributed by atoms with van der Waals surface area (Å²) in [5.41, 5.74) is 1.39. The highest BCUT2D eigenvalue weighted by Gasteiger charge is 2.18. The van der Waals surface area contributed by atoms with Crippen LogP contribution in [-0.4, -0.2) is 37.0 Å². The fourth-order valence-electron chi connectivity index (χ4n) is 2.97. The van der Waals surface area contributed by atoms with Crippen molar-refractivity contribution in [3.63, 3.8) is 0 Å². The third-order valence-electron chi connectivity index (χ3n) is 4.49. The first-order chi connectivity index (χ1) is 12.5. The molecule has 6 heteroatoms. The minimum atomic E-state index is -0.613. The number of anilines is 1. The van der Waals surface area contributed by atoms with Crippen molar-refractivity contribution in [1.29, 1.82) is 0 Å². The monoisotopic (exact) mass is 376 g/mol. The number of nitrogens with one attached hydrogen (secondary N) is 1. The molecule has 2 aromatic rings. The number of halogens is 2. The van der Waals surface area contributed by atoms with E-state index in [0.29, 0.717) is 16.8 Å². The maximum Gasteiger partial charge on any atom is 0.257 e. The van der Waals surface area contributed by atoms with Crippen molar-refractivity contribution in [2.24, 2.45) is 0 Å². The molecule has 26 heavy (non-hydrogen) atoms. The third kappa shape index (κ3) is 4.74. The molecule has 0 aliphatic carbocycles. The van der Waals surface area contributed by atoms with Gasteiger partial charge in [0.15, 0.2) is 0 Å². The van der Waals surface area contributed by atoms with Gasteiger partial charge in [0, 0.05) is 24.8 Å². The molecule has 1 aliphatic heterocycles. The summed E-state index contributed by atoms with van der Waals surface area (Å²) in [6.07, 6.45) is 2.17. The lowest BCUT2D eigenvalue weighted by Crippen LogP contribution is -2.35. The van der Waals surface area contributed by atoms with Crippen molar-refractivity contribution in [3.05, 3.63) is 58.6 Å². The second kappa shape index (κ2) is 8.52. The molecule has 0 unspecified atom stereocenters. The average molecular weight is 377 g/mol. The number of benzene rings is 2. The quantitative estimate of drug-likeness (QED) is 0.833. The summed E-state index contributed by atoms with van der Waals surface area (Å²) in [7, 11) is 2.11. The predicted molar refractivity (Wildman–Crippen MR) is 102 cm³/mol. The molecule has 0 bridgehead atoms. The van der Waals surface area contributed by atoms with Crippen molar-refractivity contribution in [3.8, 4) is 5.75 Å². The molecule has 0 atom stereocenters. The van der Waals surface area contributed by atoms with Crippen LogP contribution in [0.5, 0.6) is 5.75 Å². The van der Waals surface area contributed by atoms with Crippen LogP contribution in [0.4, 0.5) is 10.1 Å². The molecule has 138 valence electrons. The summed E-state index contributed by atoms with van der Waals surface area (Å²) in [4.78, 5) is 14.7. The Labute approximate surface area is 157 Å². The minimum absolute atomic E-state index is 0.194. The number of likely N-dealkylation sites (tertiary alicyclic amines) is 1. The lowest BCUT2D eigenvalue weighted by atomic mass is 10.1. The van der Waals surface area contributed by atoms with E-state index in [-0.39, 0.29) is 17.0 Å². The largest absolute Gasteiger partial charge is 0.490 e. The molecule has 4 nitrogen and oxygen atoms in total. The fourth-order valence-corrected chi connectivity index (χ4v) is 3.26. The zero-order chi connectivity index (χ0) is 18.5. The van der Waals surface area contributed by atoms with E-state index in [1.807, 2.05) is 12.1 Å². The summed E-state index contributed by atoms with van der Waals surface area (Å²) in [5, 5.41) is 3.05. The number of carbonyl (C=O) groups excluding carboxylic acids is 1. The van der Waals surface area contributed by atoms with Crippen molar-refractivity contribution in [2.75, 3.05) is 25.5 Å². The van der Waals surface area contributed by atoms with E-state index < -0.39 is 6.67 Å². The number of hydrogen-bond donors (Lipinski definition) is 1. The van der Waals surface area contributed by atoms with Crippen molar-refractivity contribution in [1.82, 2.24) is 4.90 Å². The Morgan fingerprint density at radius 2 is 2.04 bits per heavy atom. The molecule has 0 spiro atoms. The van der Waals surface area contributed by atoms with Crippen LogP contribution in [0.2, 0.25) is 5.02 Å². The highest BCUT2D eigenvalue weighted by atomic mass is 35.5. The summed E-state index contributed by atoms with van der Waals surface area (Å²) in [6, 6.07) is 11.9. The minimum Gasteiger partial charge on any atom is -0.490 e. The van der Waals surface area contributed by atoms with Crippen LogP contribution in [-0.2, 0) is 6.67 Å². The molecule has 1 saturated heterocycles. The lowest BCUT2D eigenvalue weighted by molar-refractivity contribution is 0.102. The van der Waals surface area contributed by atoms with E-state index in [9.17, 15) is 9.18 Å². The summed E-state index contributed by atoms with van der Waals surface area (Å²) >= 11 is 6.08. The van der Waals surface area contributed by atoms with E-state index in [1.54, 1.807) is 18.2 Å². The van der Waals surface area contributed by atoms with Gasteiger partial charge in [-0.15, -0.1) is 0 Å². The second-order valence-corrected chi connectivity index (χ2v) is 6.96. The van der Waals surface area contributed by atoms with Gasteiger partial charge in [-0.05, 0) is 49.7 Å². The smallest absolute Gasteiger partial charge is 0.257 e. The molecule has 1 amide bonds. The van der Waals surface area contributed by atoms with Crippen LogP contribution in [0.1, 0.15) is 28.8 Å². The predicted octanol–water partition coefficient (Wildman–Crippen LogP) is 4.53. The van der Waals surface area contributed by atoms with Crippen molar-refractivity contribution >= 4 is 23.2 Å². The van der Waals surface area contributed by atoms with Gasteiger partial charge in [0.2, 0.25) is 0 Å². The van der Waals surface area contributed by atoms with Crippen LogP contribution in [0, 0.1) is 0 Å². The Morgan fingerprint density at radius 1 is 1.27 bits per heavy atom. The standard InChI is InChI=1S/C20H22ClFN2O2/c1-24-9-7-16(8-10-24)26-17-4-2-3-15(12-17)23-20(25)18-6-5-14(13-22)11-19(18)21/h2-6,11-12,16H,7-10,13H2,1H3,(H,23,25).